The summed E-state index contributed by atoms with van der Waals surface area (Å²) in [4.78, 5) is 10.6. The Balaban J connectivity index is 1.86. The molecule has 0 aliphatic carbocycles. The summed E-state index contributed by atoms with van der Waals surface area (Å²) in [5.74, 6) is 0. The molecule has 1 nitrogen and oxygen atoms in total. The van der Waals surface area contributed by atoms with Gasteiger partial charge in [0.15, 0.2) is 0 Å². The average Bonchev–Trinajstić information content (AvgIpc) is 2.56. The Hall–Kier alpha value is -1.11. The fourth-order valence-electron chi connectivity index (χ4n) is 2.93. The van der Waals surface area contributed by atoms with Crippen LogP contribution in [0.1, 0.15) is 99.9 Å². The lowest BCUT2D eigenvalue weighted by molar-refractivity contribution is 0.112. The molecule has 1 aromatic rings. The SMILES string of the molecule is CCCCCCCCCCCCCCc1ccc(C=O)cc1. The van der Waals surface area contributed by atoms with Crippen LogP contribution >= 0.6 is 0 Å². The van der Waals surface area contributed by atoms with Crippen molar-refractivity contribution in [2.75, 3.05) is 0 Å². The first-order valence-corrected chi connectivity index (χ1v) is 9.41. The Kier molecular flexibility index (Phi) is 11.7. The van der Waals surface area contributed by atoms with E-state index in [4.69, 9.17) is 0 Å². The second-order valence-electron chi connectivity index (χ2n) is 6.50. The molecular weight excluding hydrogens is 268 g/mol. The van der Waals surface area contributed by atoms with Crippen LogP contribution in [0.4, 0.5) is 0 Å². The van der Waals surface area contributed by atoms with Gasteiger partial charge in [0, 0.05) is 5.56 Å². The summed E-state index contributed by atoms with van der Waals surface area (Å²) in [6.45, 7) is 2.28. The van der Waals surface area contributed by atoms with Crippen LogP contribution in [0, 0.1) is 0 Å². The fraction of sp³-hybridized carbons (Fsp3) is 0.667. The van der Waals surface area contributed by atoms with Gasteiger partial charge in [-0.1, -0.05) is 102 Å². The highest BCUT2D eigenvalue weighted by molar-refractivity contribution is 5.74. The first-order valence-electron chi connectivity index (χ1n) is 9.41. The molecule has 0 fully saturated rings. The number of unbranched alkanes of at least 4 members (excludes halogenated alkanes) is 11. The second kappa shape index (κ2) is 13.5. The number of aryl methyl sites for hydroxylation is 1. The number of hydrogen-bond donors (Lipinski definition) is 0. The predicted molar refractivity (Wildman–Crippen MR) is 96.6 cm³/mol. The zero-order valence-corrected chi connectivity index (χ0v) is 14.5. The third-order valence-corrected chi connectivity index (χ3v) is 4.43. The zero-order valence-electron chi connectivity index (χ0n) is 14.5. The lowest BCUT2D eigenvalue weighted by Gasteiger charge is -2.03. The molecule has 0 aromatic heterocycles. The van der Waals surface area contributed by atoms with Crippen LogP contribution in [0.3, 0.4) is 0 Å². The Labute approximate surface area is 137 Å². The largest absolute Gasteiger partial charge is 0.298 e. The lowest BCUT2D eigenvalue weighted by atomic mass is 10.0. The third kappa shape index (κ3) is 9.76. The van der Waals surface area contributed by atoms with Crippen molar-refractivity contribution in [3.8, 4) is 0 Å². The van der Waals surface area contributed by atoms with Gasteiger partial charge in [0.25, 0.3) is 0 Å². The van der Waals surface area contributed by atoms with Gasteiger partial charge < -0.3 is 0 Å². The molecule has 0 aliphatic heterocycles. The molecule has 0 amide bonds. The molecule has 124 valence electrons. The predicted octanol–water partition coefficient (Wildman–Crippen LogP) is 6.74. The number of aldehydes is 1. The number of rotatable bonds is 14. The zero-order chi connectivity index (χ0) is 15.9. The molecule has 1 aromatic carbocycles. The van der Waals surface area contributed by atoms with Gasteiger partial charge in [-0.2, -0.15) is 0 Å². The van der Waals surface area contributed by atoms with Crippen LogP contribution in [0.2, 0.25) is 0 Å². The van der Waals surface area contributed by atoms with Crippen LogP contribution in [0.15, 0.2) is 24.3 Å². The van der Waals surface area contributed by atoms with Crippen molar-refractivity contribution >= 4 is 6.29 Å². The summed E-state index contributed by atoms with van der Waals surface area (Å²) >= 11 is 0. The van der Waals surface area contributed by atoms with Crippen LogP contribution in [-0.2, 0) is 6.42 Å². The first kappa shape index (κ1) is 18.9. The highest BCUT2D eigenvalue weighted by Gasteiger charge is 1.96. The van der Waals surface area contributed by atoms with Gasteiger partial charge in [0.05, 0.1) is 0 Å². The quantitative estimate of drug-likeness (QED) is 0.274. The van der Waals surface area contributed by atoms with Gasteiger partial charge in [-0.3, -0.25) is 4.79 Å². The highest BCUT2D eigenvalue weighted by Crippen LogP contribution is 2.13. The molecule has 0 radical (unpaired) electrons. The molecule has 0 N–H and O–H groups in total. The van der Waals surface area contributed by atoms with Gasteiger partial charge in [0.2, 0.25) is 0 Å². The van der Waals surface area contributed by atoms with Crippen molar-refractivity contribution in [2.45, 2.75) is 90.4 Å². The van der Waals surface area contributed by atoms with Crippen molar-refractivity contribution in [2.24, 2.45) is 0 Å². The van der Waals surface area contributed by atoms with E-state index in [2.05, 4.69) is 19.1 Å². The molecule has 0 saturated heterocycles. The van der Waals surface area contributed by atoms with E-state index in [0.717, 1.165) is 18.3 Å². The monoisotopic (exact) mass is 302 g/mol. The van der Waals surface area contributed by atoms with E-state index >= 15 is 0 Å². The molecule has 22 heavy (non-hydrogen) atoms. The maximum absolute atomic E-state index is 10.6. The van der Waals surface area contributed by atoms with Crippen molar-refractivity contribution in [3.63, 3.8) is 0 Å². The lowest BCUT2D eigenvalue weighted by Crippen LogP contribution is -1.88. The van der Waals surface area contributed by atoms with Gasteiger partial charge >= 0.3 is 0 Å². The van der Waals surface area contributed by atoms with E-state index in [9.17, 15) is 4.79 Å². The number of carbonyl (C=O) groups excluding carboxylic acids is 1. The van der Waals surface area contributed by atoms with E-state index in [-0.39, 0.29) is 0 Å². The minimum atomic E-state index is 0.776. The third-order valence-electron chi connectivity index (χ3n) is 4.43. The fourth-order valence-corrected chi connectivity index (χ4v) is 2.93. The molecule has 0 heterocycles. The summed E-state index contributed by atoms with van der Waals surface area (Å²) in [5.41, 5.74) is 2.14. The summed E-state index contributed by atoms with van der Waals surface area (Å²) < 4.78 is 0. The Morgan fingerprint density at radius 1 is 0.682 bits per heavy atom. The molecule has 0 spiro atoms. The average molecular weight is 303 g/mol. The van der Waals surface area contributed by atoms with Crippen molar-refractivity contribution in [1.29, 1.82) is 0 Å². The van der Waals surface area contributed by atoms with Gasteiger partial charge in [-0.25, -0.2) is 0 Å². The normalized spacial score (nSPS) is 10.8. The number of carbonyl (C=O) groups is 1. The van der Waals surface area contributed by atoms with Gasteiger partial charge in [-0.15, -0.1) is 0 Å². The summed E-state index contributed by atoms with van der Waals surface area (Å²) in [6, 6.07) is 8.01. The van der Waals surface area contributed by atoms with Crippen molar-refractivity contribution < 1.29 is 4.79 Å². The molecule has 0 saturated carbocycles. The van der Waals surface area contributed by atoms with Gasteiger partial charge in [-0.05, 0) is 18.4 Å². The van der Waals surface area contributed by atoms with Crippen molar-refractivity contribution in [3.05, 3.63) is 35.4 Å². The Morgan fingerprint density at radius 2 is 1.14 bits per heavy atom. The van der Waals surface area contributed by atoms with Crippen LogP contribution in [0.5, 0.6) is 0 Å². The second-order valence-corrected chi connectivity index (χ2v) is 6.50. The maximum Gasteiger partial charge on any atom is 0.150 e. The molecule has 0 unspecified atom stereocenters. The summed E-state index contributed by atoms with van der Waals surface area (Å²) in [7, 11) is 0. The molecule has 0 atom stereocenters. The molecule has 1 rings (SSSR count). The Bertz CT molecular complexity index is 366. The summed E-state index contributed by atoms with van der Waals surface area (Å²) in [6.07, 6.45) is 18.8. The molecular formula is C21H34O. The van der Waals surface area contributed by atoms with Crippen LogP contribution in [0.25, 0.3) is 0 Å². The highest BCUT2D eigenvalue weighted by atomic mass is 16.1. The Morgan fingerprint density at radius 3 is 1.59 bits per heavy atom. The van der Waals surface area contributed by atoms with E-state index < -0.39 is 0 Å². The van der Waals surface area contributed by atoms with Gasteiger partial charge in [0.1, 0.15) is 6.29 Å². The van der Waals surface area contributed by atoms with E-state index in [1.54, 1.807) is 0 Å². The minimum absolute atomic E-state index is 0.776. The topological polar surface area (TPSA) is 17.1 Å². The van der Waals surface area contributed by atoms with Crippen molar-refractivity contribution in [1.82, 2.24) is 0 Å². The number of hydrogen-bond acceptors (Lipinski definition) is 1. The molecule has 0 aliphatic rings. The first-order chi connectivity index (χ1) is 10.9. The van der Waals surface area contributed by atoms with Crippen LogP contribution < -0.4 is 0 Å². The summed E-state index contributed by atoms with van der Waals surface area (Å²) in [5, 5.41) is 0. The number of benzene rings is 1. The molecule has 0 bridgehead atoms. The van der Waals surface area contributed by atoms with E-state index in [1.807, 2.05) is 12.1 Å². The molecule has 1 heteroatoms. The minimum Gasteiger partial charge on any atom is -0.298 e. The standard InChI is InChI=1S/C21H34O/c1-2-3-4-5-6-7-8-9-10-11-12-13-14-20-15-17-21(19-22)18-16-20/h15-19H,2-14H2,1H3. The van der Waals surface area contributed by atoms with E-state index in [1.165, 1.54) is 82.6 Å². The van der Waals surface area contributed by atoms with Crippen LogP contribution in [-0.4, -0.2) is 6.29 Å². The smallest absolute Gasteiger partial charge is 0.150 e. The van der Waals surface area contributed by atoms with E-state index in [0.29, 0.717) is 0 Å². The maximum atomic E-state index is 10.6.